The molecule has 2 aromatic carbocycles. The zero-order chi connectivity index (χ0) is 21.6. The van der Waals surface area contributed by atoms with Crippen molar-refractivity contribution in [3.8, 4) is 17.1 Å². The number of guanidine groups is 1. The van der Waals surface area contributed by atoms with Crippen molar-refractivity contribution in [2.24, 2.45) is 10.7 Å². The number of alkyl halides is 3. The van der Waals surface area contributed by atoms with Gasteiger partial charge in [-0.2, -0.15) is 4.98 Å². The van der Waals surface area contributed by atoms with Gasteiger partial charge in [-0.3, -0.25) is 0 Å². The first kappa shape index (κ1) is 24.7. The van der Waals surface area contributed by atoms with Crippen molar-refractivity contribution in [3.05, 3.63) is 65.0 Å². The second-order valence-electron chi connectivity index (χ2n) is 6.09. The van der Waals surface area contributed by atoms with E-state index in [9.17, 15) is 13.2 Å². The van der Waals surface area contributed by atoms with Crippen LogP contribution in [-0.2, 0) is 13.0 Å². The third-order valence-electron chi connectivity index (χ3n) is 3.80. The molecule has 3 N–H and O–H groups in total. The molecule has 166 valence electrons. The molecule has 0 fully saturated rings. The van der Waals surface area contributed by atoms with Crippen molar-refractivity contribution in [1.82, 2.24) is 15.5 Å². The number of rotatable bonds is 7. The molecule has 0 bridgehead atoms. The Morgan fingerprint density at radius 1 is 1.13 bits per heavy atom. The minimum atomic E-state index is -4.72. The highest BCUT2D eigenvalue weighted by Gasteiger charge is 2.30. The second-order valence-corrected chi connectivity index (χ2v) is 6.53. The summed E-state index contributed by atoms with van der Waals surface area (Å²) in [5.74, 6) is 0.781. The lowest BCUT2D eigenvalue weighted by atomic mass is 10.2. The van der Waals surface area contributed by atoms with Gasteiger partial charge in [-0.1, -0.05) is 28.9 Å². The minimum absolute atomic E-state index is 0. The SMILES string of the molecule is I.NC(=NCc1ccc(OC(F)(F)F)cc1)NCCc1nc(-c2ccc(Cl)cc2)no1. The summed E-state index contributed by atoms with van der Waals surface area (Å²) >= 11 is 5.86. The summed E-state index contributed by atoms with van der Waals surface area (Å²) in [6.45, 7) is 0.613. The fourth-order valence-electron chi connectivity index (χ4n) is 2.40. The third-order valence-corrected chi connectivity index (χ3v) is 4.06. The van der Waals surface area contributed by atoms with Crippen LogP contribution in [0.4, 0.5) is 13.2 Å². The van der Waals surface area contributed by atoms with E-state index in [1.54, 1.807) is 24.3 Å². The number of hydrogen-bond acceptors (Lipinski definition) is 5. The molecule has 3 rings (SSSR count). The summed E-state index contributed by atoms with van der Waals surface area (Å²) in [5.41, 5.74) is 7.26. The number of halogens is 5. The summed E-state index contributed by atoms with van der Waals surface area (Å²) in [7, 11) is 0. The van der Waals surface area contributed by atoms with Crippen LogP contribution < -0.4 is 15.8 Å². The van der Waals surface area contributed by atoms with Crippen LogP contribution in [0.1, 0.15) is 11.5 Å². The lowest BCUT2D eigenvalue weighted by Crippen LogP contribution is -2.33. The number of ether oxygens (including phenoxy) is 1. The number of benzene rings is 2. The molecule has 0 aliphatic heterocycles. The Hall–Kier alpha value is -2.54. The van der Waals surface area contributed by atoms with E-state index in [4.69, 9.17) is 21.9 Å². The number of nitrogens with one attached hydrogen (secondary N) is 1. The van der Waals surface area contributed by atoms with Gasteiger partial charge in [-0.25, -0.2) is 4.99 Å². The highest BCUT2D eigenvalue weighted by atomic mass is 127. The van der Waals surface area contributed by atoms with Crippen molar-refractivity contribution in [3.63, 3.8) is 0 Å². The van der Waals surface area contributed by atoms with Crippen LogP contribution >= 0.6 is 35.6 Å². The number of aromatic nitrogens is 2. The van der Waals surface area contributed by atoms with Gasteiger partial charge in [0.1, 0.15) is 5.75 Å². The molecule has 0 saturated heterocycles. The molecule has 0 atom stereocenters. The molecule has 0 amide bonds. The lowest BCUT2D eigenvalue weighted by Gasteiger charge is -2.09. The number of aliphatic imine (C=N–C) groups is 1. The fourth-order valence-corrected chi connectivity index (χ4v) is 2.53. The third kappa shape index (κ3) is 8.25. The van der Waals surface area contributed by atoms with Gasteiger partial charge in [0.15, 0.2) is 5.96 Å². The molecule has 7 nitrogen and oxygen atoms in total. The summed E-state index contributed by atoms with van der Waals surface area (Å²) in [4.78, 5) is 8.43. The smallest absolute Gasteiger partial charge is 0.406 e. The highest BCUT2D eigenvalue weighted by Crippen LogP contribution is 2.23. The fraction of sp³-hybridized carbons (Fsp3) is 0.211. The van der Waals surface area contributed by atoms with Crippen molar-refractivity contribution >= 4 is 41.5 Å². The van der Waals surface area contributed by atoms with Gasteiger partial charge in [0, 0.05) is 23.6 Å². The van der Waals surface area contributed by atoms with Crippen LogP contribution in [0, 0.1) is 0 Å². The summed E-state index contributed by atoms with van der Waals surface area (Å²) in [5, 5.41) is 7.45. The molecule has 0 aliphatic rings. The van der Waals surface area contributed by atoms with E-state index in [1.807, 2.05) is 0 Å². The molecule has 0 saturated carbocycles. The Bertz CT molecular complexity index is 995. The largest absolute Gasteiger partial charge is 0.573 e. The first-order chi connectivity index (χ1) is 14.3. The van der Waals surface area contributed by atoms with E-state index < -0.39 is 6.36 Å². The molecule has 0 radical (unpaired) electrons. The van der Waals surface area contributed by atoms with Gasteiger partial charge in [0.25, 0.3) is 0 Å². The Labute approximate surface area is 197 Å². The van der Waals surface area contributed by atoms with Crippen LogP contribution in [0.25, 0.3) is 11.4 Å². The second kappa shape index (κ2) is 11.2. The molecule has 0 unspecified atom stereocenters. The van der Waals surface area contributed by atoms with E-state index in [1.165, 1.54) is 24.3 Å². The van der Waals surface area contributed by atoms with Crippen LogP contribution in [0.15, 0.2) is 58.0 Å². The van der Waals surface area contributed by atoms with Crippen LogP contribution in [0.5, 0.6) is 5.75 Å². The standard InChI is InChI=1S/C19H17ClF3N5O2.HI/c20-14-5-3-13(4-6-14)17-27-16(30-28-17)9-10-25-18(24)26-11-12-1-7-15(8-2-12)29-19(21,22)23;/h1-8H,9-11H2,(H3,24,25,26);1H. The maximum Gasteiger partial charge on any atom is 0.573 e. The normalized spacial score (nSPS) is 11.7. The zero-order valence-corrected chi connectivity index (χ0v) is 19.0. The van der Waals surface area contributed by atoms with Gasteiger partial charge in [-0.05, 0) is 42.0 Å². The number of nitrogens with zero attached hydrogens (tertiary/aromatic N) is 3. The van der Waals surface area contributed by atoms with Crippen molar-refractivity contribution in [2.45, 2.75) is 19.3 Å². The average molecular weight is 568 g/mol. The van der Waals surface area contributed by atoms with E-state index in [2.05, 4.69) is 25.2 Å². The minimum Gasteiger partial charge on any atom is -0.406 e. The topological polar surface area (TPSA) is 98.6 Å². The maximum atomic E-state index is 12.2. The molecular formula is C19H18ClF3IN5O2. The van der Waals surface area contributed by atoms with Gasteiger partial charge >= 0.3 is 6.36 Å². The van der Waals surface area contributed by atoms with E-state index >= 15 is 0 Å². The molecule has 12 heteroatoms. The zero-order valence-electron chi connectivity index (χ0n) is 15.9. The van der Waals surface area contributed by atoms with Crippen LogP contribution in [0.3, 0.4) is 0 Å². The highest BCUT2D eigenvalue weighted by molar-refractivity contribution is 14.0. The number of nitrogens with two attached hydrogens (primary N) is 1. The Morgan fingerprint density at radius 3 is 2.45 bits per heavy atom. The van der Waals surface area contributed by atoms with Gasteiger partial charge in [0.2, 0.25) is 11.7 Å². The molecule has 1 heterocycles. The van der Waals surface area contributed by atoms with E-state index in [0.29, 0.717) is 35.3 Å². The predicted molar refractivity (Wildman–Crippen MR) is 120 cm³/mol. The van der Waals surface area contributed by atoms with Gasteiger partial charge in [-0.15, -0.1) is 37.1 Å². The van der Waals surface area contributed by atoms with Crippen molar-refractivity contribution < 1.29 is 22.4 Å². The molecule has 1 aromatic heterocycles. The molecule has 0 aliphatic carbocycles. The Morgan fingerprint density at radius 2 is 1.81 bits per heavy atom. The number of hydrogen-bond donors (Lipinski definition) is 2. The Balaban J connectivity index is 0.00000341. The first-order valence-corrected chi connectivity index (χ1v) is 9.13. The van der Waals surface area contributed by atoms with Crippen LogP contribution in [0.2, 0.25) is 5.02 Å². The molecule has 3 aromatic rings. The van der Waals surface area contributed by atoms with E-state index in [-0.39, 0.29) is 42.2 Å². The van der Waals surface area contributed by atoms with E-state index in [0.717, 1.165) is 5.56 Å². The molecular weight excluding hydrogens is 550 g/mol. The summed E-state index contributed by atoms with van der Waals surface area (Å²) in [6, 6.07) is 12.5. The summed E-state index contributed by atoms with van der Waals surface area (Å²) in [6.07, 6.45) is -4.29. The molecule has 0 spiro atoms. The summed E-state index contributed by atoms with van der Waals surface area (Å²) < 4.78 is 45.5. The van der Waals surface area contributed by atoms with Gasteiger partial charge in [0.05, 0.1) is 6.54 Å². The lowest BCUT2D eigenvalue weighted by molar-refractivity contribution is -0.274. The average Bonchev–Trinajstić information content (AvgIpc) is 3.16. The maximum absolute atomic E-state index is 12.2. The van der Waals surface area contributed by atoms with Gasteiger partial charge < -0.3 is 20.3 Å². The van der Waals surface area contributed by atoms with Crippen molar-refractivity contribution in [1.29, 1.82) is 0 Å². The van der Waals surface area contributed by atoms with Crippen LogP contribution in [-0.4, -0.2) is 29.0 Å². The molecule has 31 heavy (non-hydrogen) atoms. The van der Waals surface area contributed by atoms with Crippen molar-refractivity contribution in [2.75, 3.05) is 6.54 Å². The first-order valence-electron chi connectivity index (χ1n) is 8.75. The Kier molecular flexibility index (Phi) is 8.92. The quantitative estimate of drug-likeness (QED) is 0.247. The predicted octanol–water partition coefficient (Wildman–Crippen LogP) is 4.55. The monoisotopic (exact) mass is 567 g/mol.